The molecular weight excluding hydrogens is 298 g/mol. The quantitative estimate of drug-likeness (QED) is 0.588. The van der Waals surface area contributed by atoms with Gasteiger partial charge in [-0.05, 0) is 0 Å². The van der Waals surface area contributed by atoms with Crippen LogP contribution in [0.25, 0.3) is 0 Å². The third-order valence-corrected chi connectivity index (χ3v) is 6.06. The van der Waals surface area contributed by atoms with Gasteiger partial charge in [0.1, 0.15) is 0 Å². The fraction of sp³-hybridized carbons (Fsp3) is 0.273. The van der Waals surface area contributed by atoms with Crippen molar-refractivity contribution in [1.29, 1.82) is 0 Å². The summed E-state index contributed by atoms with van der Waals surface area (Å²) in [6.07, 6.45) is 2.18. The molecule has 0 saturated carbocycles. The second-order valence-electron chi connectivity index (χ2n) is 2.99. The molecule has 6 heteroatoms. The minimum atomic E-state index is -6.00. The maximum absolute atomic E-state index is 9.75. The van der Waals surface area contributed by atoms with Crippen molar-refractivity contribution in [1.82, 2.24) is 0 Å². The number of halogens is 4. The van der Waals surface area contributed by atoms with Crippen LogP contribution >= 0.6 is 0 Å². The molecule has 0 heterocycles. The Bertz CT molecular complexity index is 318. The average molecular weight is 313 g/mol. The van der Waals surface area contributed by atoms with Crippen LogP contribution in [0, 0.1) is 0 Å². The smallest absolute Gasteiger partial charge is 0.418 e. The molecule has 0 N–H and O–H groups in total. The number of benzene rings is 1. The third kappa shape index (κ3) is 10.2. The first-order valence-corrected chi connectivity index (χ1v) is 8.19. The van der Waals surface area contributed by atoms with Gasteiger partial charge in [0.25, 0.3) is 0 Å². The van der Waals surface area contributed by atoms with Crippen molar-refractivity contribution in [2.45, 2.75) is 19.2 Å². The van der Waals surface area contributed by atoms with Gasteiger partial charge in [0.15, 0.2) is 0 Å². The molecule has 1 atom stereocenters. The Labute approximate surface area is 104 Å². The molecule has 1 aromatic carbocycles. The third-order valence-electron chi connectivity index (χ3n) is 1.66. The zero-order valence-corrected chi connectivity index (χ0v) is 11.5. The van der Waals surface area contributed by atoms with E-state index in [0.717, 1.165) is 0 Å². The summed E-state index contributed by atoms with van der Waals surface area (Å²) in [6, 6.07) is 10.8. The number of hydrogen-bond donors (Lipinski definition) is 0. The number of hydrogen-bond acceptors (Lipinski definition) is 0. The van der Waals surface area contributed by atoms with E-state index in [4.69, 9.17) is 0 Å². The molecule has 0 fully saturated rings. The summed E-state index contributed by atoms with van der Waals surface area (Å²) in [5, 5.41) is 1.30. The monoisotopic (exact) mass is 314 g/mol. The summed E-state index contributed by atoms with van der Waals surface area (Å²) in [6.45, 7) is 4.38. The Morgan fingerprint density at radius 3 is 1.94 bits per heavy atom. The Morgan fingerprint density at radius 2 is 1.59 bits per heavy atom. The Balaban J connectivity index is 0.000000437. The van der Waals surface area contributed by atoms with E-state index in [1.807, 2.05) is 0 Å². The number of rotatable bonds is 3. The first-order chi connectivity index (χ1) is 7.88. The fourth-order valence-electron chi connectivity index (χ4n) is 1.10. The van der Waals surface area contributed by atoms with Crippen molar-refractivity contribution in [3.05, 3.63) is 41.4 Å². The van der Waals surface area contributed by atoms with E-state index in [0.29, 0.717) is 0 Å². The molecule has 0 nitrogen and oxygen atoms in total. The summed E-state index contributed by atoms with van der Waals surface area (Å²) in [5.74, 6) is 0. The predicted molar refractivity (Wildman–Crippen MR) is 67.3 cm³/mol. The molecule has 0 aromatic heterocycles. The van der Waals surface area contributed by atoms with Gasteiger partial charge < -0.3 is 17.3 Å². The second kappa shape index (κ2) is 8.37. The first kappa shape index (κ1) is 16.3. The van der Waals surface area contributed by atoms with Crippen LogP contribution in [-0.4, -0.2) is 21.2 Å². The van der Waals surface area contributed by atoms with Crippen molar-refractivity contribution < 1.29 is 17.3 Å². The van der Waals surface area contributed by atoms with Gasteiger partial charge in [0.2, 0.25) is 0 Å². The summed E-state index contributed by atoms with van der Waals surface area (Å²) in [7, 11) is -6.00. The van der Waals surface area contributed by atoms with Crippen molar-refractivity contribution in [3.63, 3.8) is 0 Å². The van der Waals surface area contributed by atoms with Crippen LogP contribution in [0.1, 0.15) is 13.8 Å². The van der Waals surface area contributed by atoms with Gasteiger partial charge in [-0.3, -0.25) is 0 Å². The molecule has 0 bridgehead atoms. The predicted octanol–water partition coefficient (Wildman–Crippen LogP) is 3.82. The largest absolute Gasteiger partial charge is 0.673 e. The molecule has 1 rings (SSSR count). The van der Waals surface area contributed by atoms with Crippen LogP contribution in [0.15, 0.2) is 41.4 Å². The van der Waals surface area contributed by atoms with Crippen molar-refractivity contribution >= 4 is 25.6 Å². The van der Waals surface area contributed by atoms with Crippen LogP contribution < -0.4 is 4.46 Å². The molecule has 0 aliphatic heterocycles. The normalized spacial score (nSPS) is 13.1. The van der Waals surface area contributed by atoms with Gasteiger partial charge in [0.05, 0.1) is 0 Å². The fourth-order valence-corrected chi connectivity index (χ4v) is 4.29. The SMILES string of the molecule is C/C=C/[Se+](CC)c1ccccc1.F[B-](F)(F)F. The molecule has 1 aromatic rings. The van der Waals surface area contributed by atoms with E-state index in [9.17, 15) is 17.3 Å². The van der Waals surface area contributed by atoms with Crippen molar-refractivity contribution in [2.24, 2.45) is 0 Å². The van der Waals surface area contributed by atoms with Gasteiger partial charge in [-0.15, -0.1) is 0 Å². The summed E-state index contributed by atoms with van der Waals surface area (Å²) >= 11 is -0.617. The standard InChI is InChI=1S/C11H15Se.BF4/c1-3-10-12(4-2)11-8-6-5-7-9-11;2-1(3,4)5/h3,5-10H,4H2,1-2H3;/q+1;-1/b10-3+;. The molecule has 17 heavy (non-hydrogen) atoms. The molecule has 0 aliphatic carbocycles. The summed E-state index contributed by atoms with van der Waals surface area (Å²) in [4.78, 5) is 2.38. The van der Waals surface area contributed by atoms with Gasteiger partial charge in [-0.1, -0.05) is 0 Å². The van der Waals surface area contributed by atoms with Crippen LogP contribution in [0.4, 0.5) is 17.3 Å². The second-order valence-corrected chi connectivity index (χ2v) is 7.57. The van der Waals surface area contributed by atoms with E-state index >= 15 is 0 Å². The van der Waals surface area contributed by atoms with Gasteiger partial charge in [-0.25, -0.2) is 0 Å². The molecule has 1 unspecified atom stereocenters. The van der Waals surface area contributed by atoms with Crippen LogP contribution in [0.5, 0.6) is 0 Å². The molecule has 0 aliphatic rings. The van der Waals surface area contributed by atoms with Gasteiger partial charge >= 0.3 is 86.2 Å². The molecule has 0 saturated heterocycles. The van der Waals surface area contributed by atoms with E-state index in [2.05, 4.69) is 55.2 Å². The molecule has 0 spiro atoms. The summed E-state index contributed by atoms with van der Waals surface area (Å²) in [5.41, 5.74) is 0. The maximum atomic E-state index is 9.75. The Kier molecular flexibility index (Phi) is 8.01. The molecule has 0 radical (unpaired) electrons. The van der Waals surface area contributed by atoms with E-state index in [1.54, 1.807) is 0 Å². The molecule has 0 amide bonds. The average Bonchev–Trinajstić information content (AvgIpc) is 2.25. The van der Waals surface area contributed by atoms with E-state index in [-0.39, 0.29) is 0 Å². The van der Waals surface area contributed by atoms with Crippen molar-refractivity contribution in [2.75, 3.05) is 0 Å². The maximum Gasteiger partial charge on any atom is 0.673 e. The van der Waals surface area contributed by atoms with Crippen LogP contribution in [0.2, 0.25) is 5.32 Å². The Hall–Kier alpha value is -0.736. The van der Waals surface area contributed by atoms with E-state index < -0.39 is 21.2 Å². The zero-order valence-electron chi connectivity index (χ0n) is 9.75. The zero-order chi connectivity index (χ0) is 13.3. The van der Waals surface area contributed by atoms with E-state index in [1.165, 1.54) is 9.78 Å². The minimum absolute atomic E-state index is 0.617. The van der Waals surface area contributed by atoms with Gasteiger partial charge in [0, 0.05) is 0 Å². The van der Waals surface area contributed by atoms with Crippen LogP contribution in [0.3, 0.4) is 0 Å². The number of allylic oxidation sites excluding steroid dienone is 1. The minimum Gasteiger partial charge on any atom is -0.418 e. The molecular formula is C11H15BF4Se. The van der Waals surface area contributed by atoms with Crippen LogP contribution in [-0.2, 0) is 0 Å². The molecule has 96 valence electrons. The Morgan fingerprint density at radius 1 is 1.12 bits per heavy atom. The van der Waals surface area contributed by atoms with Crippen molar-refractivity contribution in [3.8, 4) is 0 Å². The first-order valence-electron chi connectivity index (χ1n) is 5.13. The topological polar surface area (TPSA) is 0 Å². The summed E-state index contributed by atoms with van der Waals surface area (Å²) < 4.78 is 40.5. The van der Waals surface area contributed by atoms with Gasteiger partial charge in [-0.2, -0.15) is 0 Å².